The molecule has 3 heterocycles. The highest BCUT2D eigenvalue weighted by Gasteiger charge is 2.25. The molecule has 0 unspecified atom stereocenters. The number of benzene rings is 6. The van der Waals surface area contributed by atoms with E-state index in [-0.39, 0.29) is 104 Å². The monoisotopic (exact) mass is 1250 g/mol. The summed E-state index contributed by atoms with van der Waals surface area (Å²) in [5.41, 5.74) is 3.40. The third kappa shape index (κ3) is 15.8. The van der Waals surface area contributed by atoms with Gasteiger partial charge in [-0.2, -0.15) is 35.8 Å². The summed E-state index contributed by atoms with van der Waals surface area (Å²) in [4.78, 5) is 14.7. The molecule has 6 aromatic carbocycles. The maximum absolute atomic E-state index is 12.8. The number of nitriles is 2. The molecule has 9 aromatic rings. The lowest BCUT2D eigenvalue weighted by Crippen LogP contribution is -2.08. The minimum Gasteiger partial charge on any atom is -0.493 e. The van der Waals surface area contributed by atoms with Crippen molar-refractivity contribution in [1.29, 1.82) is 10.5 Å². The lowest BCUT2D eigenvalue weighted by molar-refractivity contribution is -0.134. The molecular formula is C52H42N10O18S5. The number of carbonyl (C=O) groups excluding carboxylic acids is 1. The van der Waals surface area contributed by atoms with Crippen molar-refractivity contribution in [3.63, 3.8) is 0 Å². The van der Waals surface area contributed by atoms with E-state index in [1.165, 1.54) is 28.7 Å². The second kappa shape index (κ2) is 26.8. The number of aryl methyl sites for hydroxylation is 1. The van der Waals surface area contributed by atoms with Crippen LogP contribution in [0.2, 0.25) is 0 Å². The Bertz CT molecular complexity index is 4780. The van der Waals surface area contributed by atoms with Crippen LogP contribution in [-0.4, -0.2) is 103 Å². The number of carbonyl (C=O) groups is 1. The van der Waals surface area contributed by atoms with Gasteiger partial charge >= 0.3 is 10.6 Å². The molecule has 0 aliphatic carbocycles. The van der Waals surface area contributed by atoms with Crippen molar-refractivity contribution in [2.24, 2.45) is 30.7 Å². The first-order chi connectivity index (χ1) is 40.2. The average molecular weight is 1260 g/mol. The number of imidazole rings is 1. The van der Waals surface area contributed by atoms with E-state index in [1.807, 2.05) is 0 Å². The Morgan fingerprint density at radius 2 is 1.39 bits per heavy atom. The van der Waals surface area contributed by atoms with Gasteiger partial charge in [0, 0.05) is 22.6 Å². The fraction of sp³-hybridized carbons (Fsp3) is 0.154. The van der Waals surface area contributed by atoms with Crippen LogP contribution >= 0.6 is 11.3 Å². The van der Waals surface area contributed by atoms with Gasteiger partial charge in [0.25, 0.3) is 36.8 Å². The number of pyridine rings is 1. The maximum atomic E-state index is 12.8. The first-order valence-electron chi connectivity index (χ1n) is 23.9. The number of nitrogens with zero attached hydrogens (tertiary/aromatic N) is 10. The van der Waals surface area contributed by atoms with E-state index in [1.54, 1.807) is 92.7 Å². The smallest absolute Gasteiger partial charge is 0.425 e. The quantitative estimate of drug-likeness (QED) is 0.0175. The zero-order valence-electron chi connectivity index (χ0n) is 44.0. The minimum atomic E-state index is -4.92. The lowest BCUT2D eigenvalue weighted by atomic mass is 9.99. The van der Waals surface area contributed by atoms with Crippen molar-refractivity contribution in [2.45, 2.75) is 31.8 Å². The Kier molecular flexibility index (Phi) is 19.9. The van der Waals surface area contributed by atoms with Crippen LogP contribution in [0.5, 0.6) is 17.4 Å². The van der Waals surface area contributed by atoms with Gasteiger partial charge in [-0.1, -0.05) is 59.9 Å². The number of aromatic hydroxyl groups is 1. The Hall–Kier alpha value is -9.55. The lowest BCUT2D eigenvalue weighted by Gasteiger charge is -2.12. The van der Waals surface area contributed by atoms with E-state index in [4.69, 9.17) is 26.7 Å². The topological polar surface area (TPSA) is 439 Å². The van der Waals surface area contributed by atoms with Crippen molar-refractivity contribution in [3.05, 3.63) is 131 Å². The summed E-state index contributed by atoms with van der Waals surface area (Å²) in [6.07, 6.45) is 0.581. The summed E-state index contributed by atoms with van der Waals surface area (Å²) >= 11 is 0.874. The number of azo groups is 3. The van der Waals surface area contributed by atoms with Gasteiger partial charge in [0.15, 0.2) is 16.3 Å². The predicted octanol–water partition coefficient (Wildman–Crippen LogP) is 10.2. The van der Waals surface area contributed by atoms with Crippen molar-refractivity contribution >= 4 is 130 Å². The molecule has 33 heteroatoms. The molecule has 0 spiro atoms. The number of aromatic nitrogens is 2. The third-order valence-electron chi connectivity index (χ3n) is 11.8. The van der Waals surface area contributed by atoms with Crippen LogP contribution in [0.4, 0.5) is 32.8 Å². The highest BCUT2D eigenvalue weighted by atomic mass is 32.2. The molecule has 85 heavy (non-hydrogen) atoms. The second-order valence-corrected chi connectivity index (χ2v) is 23.4. The van der Waals surface area contributed by atoms with Crippen molar-refractivity contribution in [3.8, 4) is 40.6 Å². The molecule has 0 fully saturated rings. The number of aliphatic hydroxyl groups is 1. The summed E-state index contributed by atoms with van der Waals surface area (Å²) in [5.74, 6) is -0.758. The summed E-state index contributed by atoms with van der Waals surface area (Å²) in [7, 11) is -16.0. The molecule has 0 bridgehead atoms. The van der Waals surface area contributed by atoms with Crippen LogP contribution in [0, 0.1) is 36.5 Å². The van der Waals surface area contributed by atoms with E-state index in [9.17, 15) is 59.9 Å². The predicted molar refractivity (Wildman–Crippen MR) is 306 cm³/mol. The van der Waals surface area contributed by atoms with Gasteiger partial charge in [-0.15, -0.1) is 43.3 Å². The molecule has 5 N–H and O–H groups in total. The molecule has 0 aliphatic rings. The SMILES string of the molecule is CS(=O)(=O)O.Cc1cc(N=Nc2c(C)c(C#N)c3nc4ccccc4n3c2O)c(OCCCS(=O)(=O)O)cc1N=Nc1sc(N=Nc2cc3c(OCOC=O)cccc3cc2S(=O)(=O)O)c(-c2ccc3cc(CO)ccc3c2)c1C#N.O=S(=O)=O. The van der Waals surface area contributed by atoms with E-state index in [0.717, 1.165) is 22.1 Å². The number of aliphatic hydroxyl groups excluding tert-OH is 1. The van der Waals surface area contributed by atoms with Crippen LogP contribution in [0.15, 0.2) is 139 Å². The summed E-state index contributed by atoms with van der Waals surface area (Å²) in [6, 6.07) is 32.0. The minimum absolute atomic E-state index is 0.00674. The molecule has 0 amide bonds. The molecule has 0 atom stereocenters. The number of ether oxygens (including phenoxy) is 3. The van der Waals surface area contributed by atoms with Crippen molar-refractivity contribution < 1.29 is 80.8 Å². The number of hydrogen-bond acceptors (Lipinski definition) is 25. The maximum Gasteiger partial charge on any atom is 0.425 e. The van der Waals surface area contributed by atoms with E-state index in [2.05, 4.69) is 52.5 Å². The van der Waals surface area contributed by atoms with E-state index >= 15 is 0 Å². The summed E-state index contributed by atoms with van der Waals surface area (Å²) in [6.45, 7) is 2.56. The van der Waals surface area contributed by atoms with Gasteiger partial charge in [-0.05, 0) is 102 Å². The van der Waals surface area contributed by atoms with Gasteiger partial charge in [0.05, 0.1) is 41.9 Å². The van der Waals surface area contributed by atoms with E-state index < -0.39 is 58.4 Å². The number of hydrogen-bond donors (Lipinski definition) is 5. The van der Waals surface area contributed by atoms with Crippen molar-refractivity contribution in [2.75, 3.05) is 25.4 Å². The Balaban J connectivity index is 0.00000107. The summed E-state index contributed by atoms with van der Waals surface area (Å²) < 4.78 is 137. The number of thiophene rings is 1. The molecule has 0 radical (unpaired) electrons. The molecule has 28 nitrogen and oxygen atoms in total. The number of rotatable bonds is 18. The molecule has 0 saturated heterocycles. The number of fused-ring (bicyclic) bond motifs is 5. The van der Waals surface area contributed by atoms with Crippen molar-refractivity contribution in [1.82, 2.24) is 9.38 Å². The largest absolute Gasteiger partial charge is 0.493 e. The first kappa shape index (κ1) is 63.0. The van der Waals surface area contributed by atoms with Crippen LogP contribution in [0.3, 0.4) is 0 Å². The fourth-order valence-corrected chi connectivity index (χ4v) is 10.2. The zero-order valence-corrected chi connectivity index (χ0v) is 48.1. The summed E-state index contributed by atoms with van der Waals surface area (Å²) in [5, 5.41) is 71.1. The van der Waals surface area contributed by atoms with Crippen LogP contribution in [0.1, 0.15) is 34.2 Å². The van der Waals surface area contributed by atoms with Gasteiger partial charge < -0.3 is 24.4 Å². The number of para-hydroxylation sites is 2. The molecular weight excluding hydrogens is 1210 g/mol. The van der Waals surface area contributed by atoms with Gasteiger partial charge in [-0.25, -0.2) is 4.98 Å². The Morgan fingerprint density at radius 1 is 0.729 bits per heavy atom. The van der Waals surface area contributed by atoms with Crippen LogP contribution < -0.4 is 9.47 Å². The molecule has 9 rings (SSSR count). The van der Waals surface area contributed by atoms with Gasteiger partial charge in [0.1, 0.15) is 56.0 Å². The Morgan fingerprint density at radius 3 is 2.06 bits per heavy atom. The van der Waals surface area contributed by atoms with E-state index in [0.29, 0.717) is 44.8 Å². The highest BCUT2D eigenvalue weighted by Crippen LogP contribution is 2.50. The molecule has 0 saturated carbocycles. The standard InChI is InChI=1S/C51H38N10O12S3.CH4O3S.O3S/c1-28-17-40(56-58-47-29(2)36(23-52)48-54-38-8-3-4-9-42(38)61(48)51(47)64)44(72-15-6-16-75(65,66)67)22-39(28)55-59-49-37(24-53)46(34-14-13-31-18-30(25-62)11-12-32(31)19-34)50(74-49)60-57-41-21-35-33(20-45(41)76(68,69)70)7-5-10-43(35)73-27-71-26-63;1-5(2,3)4;1-4(2)3/h3-5,7-14,17-22,26,62,64H,6,15-16,25,27H2,1-2H3,(H,65,66,67)(H,68,69,70);1H3,(H,2,3,4);. The molecule has 438 valence electrons. The third-order valence-corrected chi connectivity index (χ3v) is 14.4. The molecule has 3 aromatic heterocycles. The zero-order chi connectivity index (χ0) is 62.0. The normalized spacial score (nSPS) is 11.8. The van der Waals surface area contributed by atoms with Gasteiger partial charge in [0.2, 0.25) is 12.7 Å². The Labute approximate surface area is 487 Å². The second-order valence-electron chi connectivity index (χ2n) is 17.6. The van der Waals surface area contributed by atoms with Crippen LogP contribution in [0.25, 0.3) is 49.4 Å². The average Bonchev–Trinajstić information content (AvgIpc) is 1.87. The molecule has 0 aliphatic heterocycles. The first-order valence-corrected chi connectivity index (χ1v) is 30.6. The van der Waals surface area contributed by atoms with Gasteiger partial charge in [-0.3, -0.25) is 22.9 Å². The van der Waals surface area contributed by atoms with Crippen LogP contribution in [-0.2, 0) is 57.1 Å². The highest BCUT2D eigenvalue weighted by molar-refractivity contribution is 7.86. The fourth-order valence-electron chi connectivity index (χ4n) is 8.18.